The SMILES string of the molecule is NC1=c2ccoc2=NCN1c1ccc(NS(=O)(=O)c2c(Cl)ccc3nonc23)cc1. The zero-order valence-electron chi connectivity index (χ0n) is 15.1. The number of anilines is 2. The number of sulfonamides is 1. The van der Waals surface area contributed by atoms with Crippen molar-refractivity contribution < 1.29 is 17.5 Å². The van der Waals surface area contributed by atoms with Gasteiger partial charge in [-0.3, -0.25) is 4.72 Å². The lowest BCUT2D eigenvalue weighted by molar-refractivity contribution is 0.315. The van der Waals surface area contributed by atoms with E-state index in [9.17, 15) is 8.42 Å². The molecule has 0 unspecified atom stereocenters. The van der Waals surface area contributed by atoms with E-state index in [1.54, 1.807) is 35.2 Å². The van der Waals surface area contributed by atoms with E-state index >= 15 is 0 Å². The largest absolute Gasteiger partial charge is 0.446 e. The van der Waals surface area contributed by atoms with Gasteiger partial charge in [-0.05, 0) is 52.8 Å². The van der Waals surface area contributed by atoms with Gasteiger partial charge in [-0.15, -0.1) is 0 Å². The Morgan fingerprint density at radius 2 is 1.90 bits per heavy atom. The van der Waals surface area contributed by atoms with E-state index in [1.165, 1.54) is 18.4 Å². The monoisotopic (exact) mass is 444 g/mol. The second kappa shape index (κ2) is 6.75. The molecule has 30 heavy (non-hydrogen) atoms. The van der Waals surface area contributed by atoms with E-state index in [2.05, 4.69) is 24.7 Å². The predicted octanol–water partition coefficient (Wildman–Crippen LogP) is 1.39. The number of fused-ring (bicyclic) bond motifs is 2. The molecular weight excluding hydrogens is 432 g/mol. The van der Waals surface area contributed by atoms with E-state index < -0.39 is 10.0 Å². The summed E-state index contributed by atoms with van der Waals surface area (Å²) in [6, 6.07) is 11.4. The van der Waals surface area contributed by atoms with Gasteiger partial charge < -0.3 is 15.1 Å². The summed E-state index contributed by atoms with van der Waals surface area (Å²) in [5.41, 5.74) is 8.12. The molecule has 2 aromatic carbocycles. The van der Waals surface area contributed by atoms with Gasteiger partial charge in [0, 0.05) is 11.4 Å². The lowest BCUT2D eigenvalue weighted by atomic mass is 10.2. The van der Waals surface area contributed by atoms with Crippen LogP contribution in [-0.4, -0.2) is 25.4 Å². The third kappa shape index (κ3) is 2.95. The van der Waals surface area contributed by atoms with Crippen molar-refractivity contribution in [2.75, 3.05) is 16.3 Å². The van der Waals surface area contributed by atoms with Crippen LogP contribution >= 0.6 is 11.6 Å². The maximum Gasteiger partial charge on any atom is 0.265 e. The van der Waals surface area contributed by atoms with Crippen molar-refractivity contribution in [3.05, 3.63) is 64.5 Å². The maximum atomic E-state index is 12.9. The summed E-state index contributed by atoms with van der Waals surface area (Å²) in [5.74, 6) is 0.499. The van der Waals surface area contributed by atoms with Crippen molar-refractivity contribution in [2.24, 2.45) is 10.7 Å². The van der Waals surface area contributed by atoms with Gasteiger partial charge in [0.05, 0.1) is 16.5 Å². The molecule has 0 bridgehead atoms. The van der Waals surface area contributed by atoms with Crippen LogP contribution in [0.1, 0.15) is 0 Å². The van der Waals surface area contributed by atoms with Crippen molar-refractivity contribution >= 4 is 49.9 Å². The molecule has 12 heteroatoms. The van der Waals surface area contributed by atoms with Crippen molar-refractivity contribution in [1.82, 2.24) is 10.3 Å². The number of hydrogen-bond acceptors (Lipinski definition) is 9. The molecule has 0 aliphatic carbocycles. The minimum atomic E-state index is -4.04. The third-order valence-electron chi connectivity index (χ3n) is 4.60. The summed E-state index contributed by atoms with van der Waals surface area (Å²) in [7, 11) is -4.04. The molecule has 3 heterocycles. The van der Waals surface area contributed by atoms with E-state index in [1.807, 2.05) is 0 Å². The van der Waals surface area contributed by atoms with Crippen LogP contribution in [0.5, 0.6) is 0 Å². The Morgan fingerprint density at radius 3 is 2.70 bits per heavy atom. The molecule has 0 amide bonds. The van der Waals surface area contributed by atoms with E-state index in [-0.39, 0.29) is 27.6 Å². The van der Waals surface area contributed by atoms with Crippen molar-refractivity contribution in [2.45, 2.75) is 4.90 Å². The summed E-state index contributed by atoms with van der Waals surface area (Å²) in [6.07, 6.45) is 1.53. The number of hydrogen-bond donors (Lipinski definition) is 2. The minimum Gasteiger partial charge on any atom is -0.446 e. The Balaban J connectivity index is 1.45. The van der Waals surface area contributed by atoms with Crippen LogP contribution in [0.15, 0.2) is 67.7 Å². The van der Waals surface area contributed by atoms with Crippen molar-refractivity contribution in [3.63, 3.8) is 0 Å². The number of halogens is 1. The van der Waals surface area contributed by atoms with E-state index in [4.69, 9.17) is 21.8 Å². The lowest BCUT2D eigenvalue weighted by Crippen LogP contribution is -2.42. The van der Waals surface area contributed by atoms with Crippen LogP contribution in [0, 0.1) is 0 Å². The first kappa shape index (κ1) is 18.5. The summed E-state index contributed by atoms with van der Waals surface area (Å²) in [6.45, 7) is 0.286. The Bertz CT molecular complexity index is 1490. The second-order valence-corrected chi connectivity index (χ2v) is 8.44. The standard InChI is InChI=1S/C18H13ClN6O4S/c19-13-5-6-14-15(23-29-22-14)16(13)30(26,27)24-10-1-3-11(4-2-10)25-9-21-18-12(17(25)20)7-8-28-18/h1-8,24H,9,20H2. The normalized spacial score (nSPS) is 13.9. The van der Waals surface area contributed by atoms with Crippen LogP contribution in [0.25, 0.3) is 16.9 Å². The van der Waals surface area contributed by atoms with Gasteiger partial charge in [-0.25, -0.2) is 18.0 Å². The Morgan fingerprint density at radius 1 is 1.10 bits per heavy atom. The molecule has 1 aliphatic rings. The first-order valence-corrected chi connectivity index (χ1v) is 10.5. The topological polar surface area (TPSA) is 140 Å². The smallest absolute Gasteiger partial charge is 0.265 e. The number of furan rings is 1. The fourth-order valence-electron chi connectivity index (χ4n) is 3.17. The molecule has 5 rings (SSSR count). The Kier molecular flexibility index (Phi) is 4.15. The van der Waals surface area contributed by atoms with Gasteiger partial charge in [0.15, 0.2) is 5.52 Å². The van der Waals surface area contributed by atoms with E-state index in [0.717, 1.165) is 5.69 Å². The number of nitrogens with one attached hydrogen (secondary N) is 1. The molecule has 0 saturated heterocycles. The highest BCUT2D eigenvalue weighted by Crippen LogP contribution is 2.30. The molecule has 0 fully saturated rings. The number of rotatable bonds is 4. The third-order valence-corrected chi connectivity index (χ3v) is 6.48. The molecule has 0 atom stereocenters. The summed E-state index contributed by atoms with van der Waals surface area (Å²) in [4.78, 5) is 5.91. The van der Waals surface area contributed by atoms with Crippen LogP contribution in [0.3, 0.4) is 0 Å². The molecule has 4 aromatic rings. The molecule has 0 spiro atoms. The number of nitrogens with zero attached hydrogens (tertiary/aromatic N) is 4. The van der Waals surface area contributed by atoms with Gasteiger partial charge >= 0.3 is 0 Å². The molecule has 2 aromatic heterocycles. The second-order valence-electron chi connectivity index (χ2n) is 6.41. The van der Waals surface area contributed by atoms with Crippen LogP contribution in [0.2, 0.25) is 5.02 Å². The van der Waals surface area contributed by atoms with E-state index in [0.29, 0.717) is 22.3 Å². The van der Waals surface area contributed by atoms with Gasteiger partial charge in [0.25, 0.3) is 10.0 Å². The Hall–Kier alpha value is -3.57. The number of nitrogens with two attached hydrogens (primary N) is 1. The Labute approximate surface area is 174 Å². The van der Waals surface area contributed by atoms with Crippen LogP contribution in [0.4, 0.5) is 11.4 Å². The zero-order chi connectivity index (χ0) is 20.9. The number of benzene rings is 2. The van der Waals surface area contributed by atoms with Gasteiger partial charge in [-0.1, -0.05) is 11.6 Å². The molecule has 152 valence electrons. The highest BCUT2D eigenvalue weighted by atomic mass is 35.5. The molecule has 3 N–H and O–H groups in total. The zero-order valence-corrected chi connectivity index (χ0v) is 16.7. The summed E-state index contributed by atoms with van der Waals surface area (Å²) >= 11 is 6.12. The van der Waals surface area contributed by atoms with Gasteiger partial charge in [0.2, 0.25) is 5.55 Å². The molecule has 0 radical (unpaired) electrons. The fraction of sp³-hybridized carbons (Fsp3) is 0.0556. The molecule has 0 saturated carbocycles. The molecule has 10 nitrogen and oxygen atoms in total. The van der Waals surface area contributed by atoms with Gasteiger partial charge in [0.1, 0.15) is 22.9 Å². The predicted molar refractivity (Wildman–Crippen MR) is 108 cm³/mol. The summed E-state index contributed by atoms with van der Waals surface area (Å²) in [5, 5.41) is 8.02. The average Bonchev–Trinajstić information content (AvgIpc) is 3.38. The first-order valence-electron chi connectivity index (χ1n) is 8.63. The molecule has 1 aliphatic heterocycles. The maximum absolute atomic E-state index is 12.9. The fourth-order valence-corrected chi connectivity index (χ4v) is 4.90. The quantitative estimate of drug-likeness (QED) is 0.481. The van der Waals surface area contributed by atoms with Crippen LogP contribution in [-0.2, 0) is 10.0 Å². The lowest BCUT2D eigenvalue weighted by Gasteiger charge is -2.24. The average molecular weight is 445 g/mol. The van der Waals surface area contributed by atoms with Gasteiger partial charge in [-0.2, -0.15) is 0 Å². The highest BCUT2D eigenvalue weighted by Gasteiger charge is 2.24. The minimum absolute atomic E-state index is 0.00976. The summed E-state index contributed by atoms with van der Waals surface area (Å²) < 4.78 is 38.2. The van der Waals surface area contributed by atoms with Crippen molar-refractivity contribution in [3.8, 4) is 0 Å². The van der Waals surface area contributed by atoms with Crippen LogP contribution < -0.4 is 26.1 Å². The van der Waals surface area contributed by atoms with Crippen molar-refractivity contribution in [1.29, 1.82) is 0 Å². The first-order chi connectivity index (χ1) is 14.4. The number of aromatic nitrogens is 2. The molecular formula is C18H13ClN6O4S. The highest BCUT2D eigenvalue weighted by molar-refractivity contribution is 7.93.